The quantitative estimate of drug-likeness (QED) is 0.692. The number of benzene rings is 1. The predicted octanol–water partition coefficient (Wildman–Crippen LogP) is 3.34. The van der Waals surface area contributed by atoms with E-state index in [2.05, 4.69) is 0 Å². The van der Waals surface area contributed by atoms with Gasteiger partial charge >= 0.3 is 0 Å². The van der Waals surface area contributed by atoms with Gasteiger partial charge in [0.25, 0.3) is 0 Å². The highest BCUT2D eigenvalue weighted by Crippen LogP contribution is 2.17. The molecule has 0 fully saturated rings. The average molecular weight is 311 g/mol. The Morgan fingerprint density at radius 1 is 1.19 bits per heavy atom. The molecule has 0 aliphatic rings. The molecule has 118 valence electrons. The van der Waals surface area contributed by atoms with Crippen molar-refractivity contribution in [2.24, 2.45) is 5.92 Å². The number of carbonyl (C=O) groups excluding carboxylic acids is 1. The second kappa shape index (κ2) is 7.71. The molecule has 0 atom stereocenters. The van der Waals surface area contributed by atoms with E-state index >= 15 is 0 Å². The molecule has 0 amide bonds. The summed E-state index contributed by atoms with van der Waals surface area (Å²) in [6, 6.07) is 6.24. The second-order valence-electron chi connectivity index (χ2n) is 5.73. The van der Waals surface area contributed by atoms with Gasteiger partial charge in [-0.05, 0) is 24.5 Å². The Balaban J connectivity index is 2.88. The third-order valence-corrected chi connectivity index (χ3v) is 5.18. The fraction of sp³-hybridized carbons (Fsp3) is 0.562. The highest BCUT2D eigenvalue weighted by Gasteiger charge is 2.20. The largest absolute Gasteiger partial charge is 0.294 e. The van der Waals surface area contributed by atoms with Crippen LogP contribution in [0.25, 0.3) is 0 Å². The van der Waals surface area contributed by atoms with Gasteiger partial charge in [-0.25, -0.2) is 12.7 Å². The summed E-state index contributed by atoms with van der Waals surface area (Å²) in [6.07, 6.45) is 2.26. The number of hydrogen-bond acceptors (Lipinski definition) is 3. The Bertz CT molecular complexity index is 562. The fourth-order valence-corrected chi connectivity index (χ4v) is 3.19. The minimum absolute atomic E-state index is 0.0493. The van der Waals surface area contributed by atoms with Crippen molar-refractivity contribution in [1.82, 2.24) is 4.31 Å². The molecule has 0 aromatic heterocycles. The van der Waals surface area contributed by atoms with Crippen molar-refractivity contribution in [2.45, 2.75) is 44.9 Å². The molecular formula is C16H25NO3S. The van der Waals surface area contributed by atoms with Gasteiger partial charge < -0.3 is 0 Å². The van der Waals surface area contributed by atoms with Gasteiger partial charge in [0, 0.05) is 25.6 Å². The molecule has 0 unspecified atom stereocenters. The maximum absolute atomic E-state index is 12.3. The number of nitrogens with zero attached hydrogens (tertiary/aromatic N) is 1. The van der Waals surface area contributed by atoms with Crippen LogP contribution in [0.5, 0.6) is 0 Å². The van der Waals surface area contributed by atoms with Gasteiger partial charge in [0.2, 0.25) is 10.0 Å². The lowest BCUT2D eigenvalue weighted by Crippen LogP contribution is -2.27. The number of Topliss-reactive ketones (excluding diaryl/α,β-unsaturated/α-hetero) is 1. The van der Waals surface area contributed by atoms with Crippen LogP contribution in [0.2, 0.25) is 0 Å². The molecule has 21 heavy (non-hydrogen) atoms. The minimum atomic E-state index is -3.45. The minimum Gasteiger partial charge on any atom is -0.294 e. The van der Waals surface area contributed by atoms with E-state index in [1.165, 1.54) is 16.4 Å². The van der Waals surface area contributed by atoms with Crippen molar-refractivity contribution >= 4 is 15.8 Å². The molecule has 0 bridgehead atoms. The summed E-state index contributed by atoms with van der Waals surface area (Å²) < 4.78 is 26.0. The number of ketones is 1. The molecule has 0 saturated heterocycles. The summed E-state index contributed by atoms with van der Waals surface area (Å²) in [4.78, 5) is 12.2. The van der Waals surface area contributed by atoms with E-state index in [9.17, 15) is 13.2 Å². The van der Waals surface area contributed by atoms with Gasteiger partial charge in [-0.1, -0.05) is 39.3 Å². The average Bonchev–Trinajstić information content (AvgIpc) is 2.44. The van der Waals surface area contributed by atoms with E-state index in [4.69, 9.17) is 0 Å². The zero-order chi connectivity index (χ0) is 16.0. The van der Waals surface area contributed by atoms with Crippen LogP contribution >= 0.6 is 0 Å². The van der Waals surface area contributed by atoms with E-state index < -0.39 is 10.0 Å². The first kappa shape index (κ1) is 17.9. The second-order valence-corrected chi connectivity index (χ2v) is 7.77. The van der Waals surface area contributed by atoms with Gasteiger partial charge in [-0.3, -0.25) is 4.79 Å². The number of unbranched alkanes of at least 4 members (excludes halogenated alkanes) is 1. The lowest BCUT2D eigenvalue weighted by atomic mass is 10.0. The first-order valence-electron chi connectivity index (χ1n) is 7.38. The molecule has 0 saturated carbocycles. The zero-order valence-electron chi connectivity index (χ0n) is 13.3. The van der Waals surface area contributed by atoms with Crippen molar-refractivity contribution in [2.75, 3.05) is 13.6 Å². The van der Waals surface area contributed by atoms with Crippen LogP contribution in [0, 0.1) is 5.92 Å². The Hall–Kier alpha value is -1.20. The number of sulfonamides is 1. The standard InChI is InChI=1S/C16H25NO3S/c1-5-6-11-17(4)21(19,20)15-9-7-14(8-10-15)16(18)12-13(2)3/h7-10,13H,5-6,11-12H2,1-4H3. The molecule has 0 spiro atoms. The predicted molar refractivity (Wildman–Crippen MR) is 85.0 cm³/mol. The van der Waals surface area contributed by atoms with Gasteiger partial charge in [0.05, 0.1) is 4.90 Å². The van der Waals surface area contributed by atoms with Crippen LogP contribution in [0.3, 0.4) is 0 Å². The van der Waals surface area contributed by atoms with E-state index in [-0.39, 0.29) is 10.7 Å². The monoisotopic (exact) mass is 311 g/mol. The molecule has 1 rings (SSSR count). The van der Waals surface area contributed by atoms with Crippen LogP contribution in [0.1, 0.15) is 50.4 Å². The maximum Gasteiger partial charge on any atom is 0.242 e. The molecule has 0 aliphatic heterocycles. The molecule has 0 aliphatic carbocycles. The zero-order valence-corrected chi connectivity index (χ0v) is 14.1. The number of hydrogen-bond donors (Lipinski definition) is 0. The van der Waals surface area contributed by atoms with Crippen LogP contribution < -0.4 is 0 Å². The molecule has 0 radical (unpaired) electrons. The summed E-state index contributed by atoms with van der Waals surface area (Å²) >= 11 is 0. The van der Waals surface area contributed by atoms with Crippen LogP contribution in [0.4, 0.5) is 0 Å². The maximum atomic E-state index is 12.3. The van der Waals surface area contributed by atoms with E-state index in [0.29, 0.717) is 24.4 Å². The molecule has 1 aromatic rings. The smallest absolute Gasteiger partial charge is 0.242 e. The van der Waals surface area contributed by atoms with Crippen molar-refractivity contribution in [3.05, 3.63) is 29.8 Å². The third kappa shape index (κ3) is 4.93. The molecule has 1 aromatic carbocycles. The number of rotatable bonds is 8. The van der Waals surface area contributed by atoms with E-state index in [1.54, 1.807) is 19.2 Å². The SMILES string of the molecule is CCCCN(C)S(=O)(=O)c1ccc(C(=O)CC(C)C)cc1. The summed E-state index contributed by atoms with van der Waals surface area (Å²) in [7, 11) is -1.87. The third-order valence-electron chi connectivity index (χ3n) is 3.30. The lowest BCUT2D eigenvalue weighted by molar-refractivity contribution is 0.0967. The topological polar surface area (TPSA) is 54.5 Å². The summed E-state index contributed by atoms with van der Waals surface area (Å²) in [5, 5.41) is 0. The van der Waals surface area contributed by atoms with Gasteiger partial charge in [0.1, 0.15) is 0 Å². The van der Waals surface area contributed by atoms with Crippen LogP contribution in [0.15, 0.2) is 29.2 Å². The van der Waals surface area contributed by atoms with Gasteiger partial charge in [0.15, 0.2) is 5.78 Å². The Kier molecular flexibility index (Phi) is 6.55. The Morgan fingerprint density at radius 3 is 2.24 bits per heavy atom. The van der Waals surface area contributed by atoms with Gasteiger partial charge in [-0.15, -0.1) is 0 Å². The van der Waals surface area contributed by atoms with Crippen molar-refractivity contribution in [3.8, 4) is 0 Å². The lowest BCUT2D eigenvalue weighted by Gasteiger charge is -2.17. The van der Waals surface area contributed by atoms with Crippen molar-refractivity contribution in [3.63, 3.8) is 0 Å². The Labute approximate surface area is 128 Å². The van der Waals surface area contributed by atoms with Crippen molar-refractivity contribution in [1.29, 1.82) is 0 Å². The summed E-state index contributed by atoms with van der Waals surface area (Å²) in [5.41, 5.74) is 0.568. The fourth-order valence-electron chi connectivity index (χ4n) is 1.98. The first-order chi connectivity index (χ1) is 9.78. The molecule has 0 N–H and O–H groups in total. The number of carbonyl (C=O) groups is 1. The Morgan fingerprint density at radius 2 is 1.76 bits per heavy atom. The van der Waals surface area contributed by atoms with Crippen molar-refractivity contribution < 1.29 is 13.2 Å². The van der Waals surface area contributed by atoms with Crippen LogP contribution in [-0.2, 0) is 10.0 Å². The molecule has 0 heterocycles. The first-order valence-corrected chi connectivity index (χ1v) is 8.82. The van der Waals surface area contributed by atoms with E-state index in [1.807, 2.05) is 20.8 Å². The van der Waals surface area contributed by atoms with Crippen LogP contribution in [-0.4, -0.2) is 32.1 Å². The molecular weight excluding hydrogens is 286 g/mol. The normalized spacial score (nSPS) is 12.1. The molecule has 4 nitrogen and oxygen atoms in total. The van der Waals surface area contributed by atoms with Gasteiger partial charge in [-0.2, -0.15) is 0 Å². The highest BCUT2D eigenvalue weighted by molar-refractivity contribution is 7.89. The molecule has 5 heteroatoms. The highest BCUT2D eigenvalue weighted by atomic mass is 32.2. The van der Waals surface area contributed by atoms with E-state index in [0.717, 1.165) is 12.8 Å². The summed E-state index contributed by atoms with van der Waals surface area (Å²) in [5.74, 6) is 0.342. The summed E-state index contributed by atoms with van der Waals surface area (Å²) in [6.45, 7) is 6.50.